The number of fused-ring (bicyclic) bond motifs is 1. The Bertz CT molecular complexity index is 1150. The lowest BCUT2D eigenvalue weighted by Gasteiger charge is -2.12. The Morgan fingerprint density at radius 3 is 2.67 bits per heavy atom. The quantitative estimate of drug-likeness (QED) is 0.206. The van der Waals surface area contributed by atoms with E-state index in [-0.39, 0.29) is 51.4 Å². The lowest BCUT2D eigenvalue weighted by atomic mass is 10.2. The number of ether oxygens (including phenoxy) is 1. The first kappa shape index (κ1) is 21.3. The molecule has 30 heavy (non-hydrogen) atoms. The van der Waals surface area contributed by atoms with Gasteiger partial charge >= 0.3 is 11.8 Å². The fourth-order valence-electron chi connectivity index (χ4n) is 2.50. The Morgan fingerprint density at radius 2 is 1.97 bits per heavy atom. The van der Waals surface area contributed by atoms with Gasteiger partial charge in [-0.25, -0.2) is 19.2 Å². The molecule has 0 bridgehead atoms. The summed E-state index contributed by atoms with van der Waals surface area (Å²) in [6.07, 6.45) is -0.0635. The summed E-state index contributed by atoms with van der Waals surface area (Å²) in [4.78, 5) is 29.3. The molecule has 0 unspecified atom stereocenters. The van der Waals surface area contributed by atoms with Gasteiger partial charge in [0.15, 0.2) is 5.75 Å². The molecule has 0 aliphatic rings. The van der Waals surface area contributed by atoms with Crippen LogP contribution in [-0.4, -0.2) is 39.2 Å². The highest BCUT2D eigenvalue weighted by Crippen LogP contribution is 2.36. The van der Waals surface area contributed by atoms with E-state index in [4.69, 9.17) is 33.0 Å². The largest absolute Gasteiger partial charge is 0.485 e. The van der Waals surface area contributed by atoms with Crippen LogP contribution < -0.4 is 15.4 Å². The van der Waals surface area contributed by atoms with Gasteiger partial charge in [-0.2, -0.15) is 0 Å². The summed E-state index contributed by atoms with van der Waals surface area (Å²) in [5.74, 6) is -0.707. The third-order valence-electron chi connectivity index (χ3n) is 3.81. The number of aromatic nitrogens is 2. The standard InChI is InChI=1S/C17H12Cl2FN5O5/c18-9-4-11(20)13(5-10(9)19)24-16-8-3-14(25(28)29)15(6-12(8)22-7-23-16)30-2-1-21-17(26)27/h3-7,21H,1-2H2,(H,26,27)(H,22,23,24). The van der Waals surface area contributed by atoms with E-state index in [9.17, 15) is 19.3 Å². The number of nitrogens with one attached hydrogen (secondary N) is 2. The van der Waals surface area contributed by atoms with Crippen LogP contribution in [0.5, 0.6) is 5.75 Å². The van der Waals surface area contributed by atoms with Crippen LogP contribution in [0.4, 0.5) is 26.4 Å². The predicted molar refractivity (Wildman–Crippen MR) is 107 cm³/mol. The van der Waals surface area contributed by atoms with Gasteiger partial charge in [0.2, 0.25) is 0 Å². The summed E-state index contributed by atoms with van der Waals surface area (Å²) >= 11 is 11.7. The van der Waals surface area contributed by atoms with Gasteiger partial charge < -0.3 is 20.5 Å². The zero-order valence-electron chi connectivity index (χ0n) is 14.9. The van der Waals surface area contributed by atoms with E-state index < -0.39 is 22.5 Å². The van der Waals surface area contributed by atoms with Gasteiger partial charge in [-0.3, -0.25) is 10.1 Å². The third kappa shape index (κ3) is 4.75. The van der Waals surface area contributed by atoms with Crippen molar-refractivity contribution in [2.45, 2.75) is 0 Å². The second kappa shape index (κ2) is 8.93. The summed E-state index contributed by atoms with van der Waals surface area (Å²) in [5.41, 5.74) is -0.155. The number of rotatable bonds is 7. The predicted octanol–water partition coefficient (Wildman–Crippen LogP) is 4.37. The number of nitrogens with zero attached hydrogens (tertiary/aromatic N) is 3. The van der Waals surface area contributed by atoms with Crippen molar-refractivity contribution in [3.05, 3.63) is 56.6 Å². The highest BCUT2D eigenvalue weighted by molar-refractivity contribution is 6.42. The Hall–Kier alpha value is -3.44. The number of nitro benzene ring substituents is 1. The number of anilines is 2. The summed E-state index contributed by atoms with van der Waals surface area (Å²) in [6.45, 7) is -0.207. The summed E-state index contributed by atoms with van der Waals surface area (Å²) in [6, 6.07) is 4.77. The van der Waals surface area contributed by atoms with Crippen molar-refractivity contribution in [1.29, 1.82) is 0 Å². The van der Waals surface area contributed by atoms with Crippen LogP contribution >= 0.6 is 23.2 Å². The van der Waals surface area contributed by atoms with E-state index in [0.29, 0.717) is 0 Å². The van der Waals surface area contributed by atoms with Gasteiger partial charge in [0.1, 0.15) is 24.6 Å². The van der Waals surface area contributed by atoms with Crippen molar-refractivity contribution in [3.8, 4) is 5.75 Å². The number of carboxylic acid groups (broad SMARTS) is 1. The van der Waals surface area contributed by atoms with Crippen molar-refractivity contribution < 1.29 is 24.0 Å². The maximum atomic E-state index is 14.2. The second-order valence-corrected chi connectivity index (χ2v) is 6.58. The number of carbonyl (C=O) groups is 1. The van der Waals surface area contributed by atoms with Crippen LogP contribution in [0.1, 0.15) is 0 Å². The number of hydrogen-bond acceptors (Lipinski definition) is 7. The second-order valence-electron chi connectivity index (χ2n) is 5.77. The highest BCUT2D eigenvalue weighted by Gasteiger charge is 2.20. The molecule has 3 rings (SSSR count). The van der Waals surface area contributed by atoms with Gasteiger partial charge in [-0.1, -0.05) is 23.2 Å². The molecule has 1 amide bonds. The van der Waals surface area contributed by atoms with E-state index in [1.807, 2.05) is 0 Å². The monoisotopic (exact) mass is 455 g/mol. The van der Waals surface area contributed by atoms with Gasteiger partial charge in [0.25, 0.3) is 0 Å². The molecular weight excluding hydrogens is 444 g/mol. The number of hydrogen-bond donors (Lipinski definition) is 3. The van der Waals surface area contributed by atoms with Crippen LogP contribution in [0.25, 0.3) is 10.9 Å². The number of halogens is 3. The molecule has 3 N–H and O–H groups in total. The highest BCUT2D eigenvalue weighted by atomic mass is 35.5. The molecule has 0 saturated heterocycles. The average Bonchev–Trinajstić information content (AvgIpc) is 2.68. The summed E-state index contributed by atoms with van der Waals surface area (Å²) < 4.78 is 19.5. The van der Waals surface area contributed by atoms with E-state index in [2.05, 4.69) is 20.6 Å². The molecule has 0 spiro atoms. The van der Waals surface area contributed by atoms with Crippen LogP contribution in [-0.2, 0) is 0 Å². The van der Waals surface area contributed by atoms with Gasteiger partial charge in [0, 0.05) is 12.1 Å². The molecule has 0 saturated carbocycles. The molecule has 0 fully saturated rings. The minimum Gasteiger partial charge on any atom is -0.485 e. The zero-order chi connectivity index (χ0) is 21.8. The molecule has 3 aromatic rings. The molecule has 1 heterocycles. The van der Waals surface area contributed by atoms with Crippen molar-refractivity contribution in [1.82, 2.24) is 15.3 Å². The molecule has 156 valence electrons. The van der Waals surface area contributed by atoms with E-state index in [0.717, 1.165) is 6.07 Å². The van der Waals surface area contributed by atoms with E-state index >= 15 is 0 Å². The van der Waals surface area contributed by atoms with Crippen molar-refractivity contribution in [3.63, 3.8) is 0 Å². The minimum atomic E-state index is -1.25. The summed E-state index contributed by atoms with van der Waals surface area (Å²) in [5, 5.41) is 25.2. The fourth-order valence-corrected chi connectivity index (χ4v) is 2.81. The topological polar surface area (TPSA) is 140 Å². The number of benzene rings is 2. The Labute approximate surface area is 177 Å². The molecule has 13 heteroatoms. The van der Waals surface area contributed by atoms with Gasteiger partial charge in [0.05, 0.1) is 38.1 Å². The Balaban J connectivity index is 1.98. The van der Waals surface area contributed by atoms with E-state index in [1.54, 1.807) is 0 Å². The Morgan fingerprint density at radius 1 is 1.23 bits per heavy atom. The lowest BCUT2D eigenvalue weighted by Crippen LogP contribution is -2.26. The Kier molecular flexibility index (Phi) is 6.33. The normalized spacial score (nSPS) is 10.6. The SMILES string of the molecule is O=C(O)NCCOc1cc2ncnc(Nc3cc(Cl)c(Cl)cc3F)c2cc1[N+](=O)[O-]. The molecule has 0 radical (unpaired) electrons. The zero-order valence-corrected chi connectivity index (χ0v) is 16.4. The number of nitro groups is 1. The summed E-state index contributed by atoms with van der Waals surface area (Å²) in [7, 11) is 0. The molecule has 0 aliphatic carbocycles. The first-order valence-corrected chi connectivity index (χ1v) is 8.96. The fraction of sp³-hybridized carbons (Fsp3) is 0.118. The van der Waals surface area contributed by atoms with Crippen molar-refractivity contribution in [2.24, 2.45) is 0 Å². The van der Waals surface area contributed by atoms with Crippen LogP contribution in [0.3, 0.4) is 0 Å². The van der Waals surface area contributed by atoms with Crippen LogP contribution in [0.2, 0.25) is 10.0 Å². The molecule has 0 atom stereocenters. The minimum absolute atomic E-state index is 0.0297. The van der Waals surface area contributed by atoms with E-state index in [1.165, 1.54) is 24.5 Å². The molecule has 0 aliphatic heterocycles. The average molecular weight is 456 g/mol. The molecular formula is C17H12Cl2FN5O5. The van der Waals surface area contributed by atoms with Gasteiger partial charge in [-0.15, -0.1) is 0 Å². The molecule has 2 aromatic carbocycles. The lowest BCUT2D eigenvalue weighted by molar-refractivity contribution is -0.385. The van der Waals surface area contributed by atoms with Crippen molar-refractivity contribution in [2.75, 3.05) is 18.5 Å². The number of amides is 1. The first-order chi connectivity index (χ1) is 14.3. The maximum Gasteiger partial charge on any atom is 0.404 e. The molecule has 10 nitrogen and oxygen atoms in total. The third-order valence-corrected chi connectivity index (χ3v) is 4.53. The maximum absolute atomic E-state index is 14.2. The van der Waals surface area contributed by atoms with Crippen molar-refractivity contribution >= 4 is 57.4 Å². The van der Waals surface area contributed by atoms with Crippen LogP contribution in [0, 0.1) is 15.9 Å². The first-order valence-electron chi connectivity index (χ1n) is 8.20. The molecule has 1 aromatic heterocycles. The smallest absolute Gasteiger partial charge is 0.404 e. The van der Waals surface area contributed by atoms with Crippen LogP contribution in [0.15, 0.2) is 30.6 Å². The van der Waals surface area contributed by atoms with Gasteiger partial charge in [-0.05, 0) is 12.1 Å².